The van der Waals surface area contributed by atoms with Gasteiger partial charge in [-0.2, -0.15) is 0 Å². The van der Waals surface area contributed by atoms with Crippen molar-refractivity contribution >= 4 is 28.0 Å². The standard InChI is InChI=1S/C15H17N3OS/c1-11-10-12(19-2)5-6-13(11)18(14-4-3-9-20-14)15-16-7-8-17-15/h3-6,9-10H,7-8H2,1-2H3,(H,16,17). The Kier molecular flexibility index (Phi) is 3.60. The summed E-state index contributed by atoms with van der Waals surface area (Å²) in [5.74, 6) is 1.79. The molecule has 0 saturated heterocycles. The van der Waals surface area contributed by atoms with Crippen molar-refractivity contribution in [3.8, 4) is 5.75 Å². The second-order valence-corrected chi connectivity index (χ2v) is 5.50. The van der Waals surface area contributed by atoms with Crippen LogP contribution in [-0.2, 0) is 0 Å². The molecule has 2 heterocycles. The van der Waals surface area contributed by atoms with E-state index in [1.165, 1.54) is 0 Å². The molecule has 20 heavy (non-hydrogen) atoms. The van der Waals surface area contributed by atoms with Gasteiger partial charge in [0.25, 0.3) is 0 Å². The fourth-order valence-electron chi connectivity index (χ4n) is 2.28. The SMILES string of the molecule is COc1ccc(N(C2=NCCN2)c2cccs2)c(C)c1. The number of ether oxygens (including phenoxy) is 1. The summed E-state index contributed by atoms with van der Waals surface area (Å²) in [7, 11) is 1.69. The monoisotopic (exact) mass is 287 g/mol. The lowest BCUT2D eigenvalue weighted by molar-refractivity contribution is 0.414. The summed E-state index contributed by atoms with van der Waals surface area (Å²) in [6.45, 7) is 3.81. The van der Waals surface area contributed by atoms with Crippen LogP contribution in [0.1, 0.15) is 5.56 Å². The van der Waals surface area contributed by atoms with Crippen LogP contribution >= 0.6 is 11.3 Å². The molecule has 0 radical (unpaired) electrons. The molecule has 0 unspecified atom stereocenters. The van der Waals surface area contributed by atoms with E-state index in [0.717, 1.165) is 41.1 Å². The van der Waals surface area contributed by atoms with E-state index >= 15 is 0 Å². The number of nitrogens with one attached hydrogen (secondary N) is 1. The summed E-state index contributed by atoms with van der Waals surface area (Å²) >= 11 is 1.71. The predicted octanol–water partition coefficient (Wildman–Crippen LogP) is 3.16. The summed E-state index contributed by atoms with van der Waals surface area (Å²) in [5, 5.41) is 6.59. The van der Waals surface area contributed by atoms with Gasteiger partial charge in [0, 0.05) is 6.54 Å². The second kappa shape index (κ2) is 5.54. The summed E-state index contributed by atoms with van der Waals surface area (Å²) in [5.41, 5.74) is 2.29. The summed E-state index contributed by atoms with van der Waals surface area (Å²) in [6.07, 6.45) is 0. The lowest BCUT2D eigenvalue weighted by Crippen LogP contribution is -2.35. The molecule has 0 amide bonds. The highest BCUT2D eigenvalue weighted by molar-refractivity contribution is 7.14. The van der Waals surface area contributed by atoms with Gasteiger partial charge in [0.05, 0.1) is 19.3 Å². The van der Waals surface area contributed by atoms with E-state index in [4.69, 9.17) is 4.74 Å². The topological polar surface area (TPSA) is 36.9 Å². The average molecular weight is 287 g/mol. The van der Waals surface area contributed by atoms with E-state index in [2.05, 4.69) is 45.7 Å². The number of anilines is 2. The zero-order chi connectivity index (χ0) is 13.9. The Morgan fingerprint density at radius 2 is 2.25 bits per heavy atom. The molecule has 1 aromatic heterocycles. The van der Waals surface area contributed by atoms with Crippen LogP contribution in [0, 0.1) is 6.92 Å². The third kappa shape index (κ3) is 2.36. The third-order valence-electron chi connectivity index (χ3n) is 3.24. The third-order valence-corrected chi connectivity index (χ3v) is 4.09. The van der Waals surface area contributed by atoms with Gasteiger partial charge in [-0.3, -0.25) is 9.89 Å². The second-order valence-electron chi connectivity index (χ2n) is 4.57. The molecule has 1 N–H and O–H groups in total. The maximum atomic E-state index is 5.28. The Morgan fingerprint density at radius 1 is 1.35 bits per heavy atom. The molecule has 1 aromatic carbocycles. The van der Waals surface area contributed by atoms with E-state index in [1.54, 1.807) is 18.4 Å². The van der Waals surface area contributed by atoms with Gasteiger partial charge in [-0.25, -0.2) is 0 Å². The van der Waals surface area contributed by atoms with Crippen LogP contribution in [0.3, 0.4) is 0 Å². The summed E-state index contributed by atoms with van der Waals surface area (Å²) in [4.78, 5) is 6.73. The van der Waals surface area contributed by atoms with Crippen molar-refractivity contribution in [1.82, 2.24) is 5.32 Å². The number of nitrogens with zero attached hydrogens (tertiary/aromatic N) is 2. The first-order chi connectivity index (χ1) is 9.79. The minimum Gasteiger partial charge on any atom is -0.497 e. The zero-order valence-corrected chi connectivity index (χ0v) is 12.4. The van der Waals surface area contributed by atoms with E-state index in [1.807, 2.05) is 12.1 Å². The molecule has 4 nitrogen and oxygen atoms in total. The number of aryl methyl sites for hydroxylation is 1. The van der Waals surface area contributed by atoms with Gasteiger partial charge in [0.1, 0.15) is 10.8 Å². The molecule has 0 aliphatic carbocycles. The van der Waals surface area contributed by atoms with Gasteiger partial charge in [-0.05, 0) is 48.2 Å². The van der Waals surface area contributed by atoms with E-state index in [-0.39, 0.29) is 0 Å². The Morgan fingerprint density at radius 3 is 2.85 bits per heavy atom. The molecule has 0 atom stereocenters. The smallest absolute Gasteiger partial charge is 0.204 e. The van der Waals surface area contributed by atoms with Crippen molar-refractivity contribution < 1.29 is 4.74 Å². The Labute approximate surface area is 122 Å². The van der Waals surface area contributed by atoms with Gasteiger partial charge >= 0.3 is 0 Å². The molecule has 0 bridgehead atoms. The molecule has 104 valence electrons. The van der Waals surface area contributed by atoms with Gasteiger partial charge in [0.15, 0.2) is 0 Å². The largest absolute Gasteiger partial charge is 0.497 e. The number of benzene rings is 1. The quantitative estimate of drug-likeness (QED) is 0.942. The molecule has 0 fully saturated rings. The fourth-order valence-corrected chi connectivity index (χ4v) is 3.02. The molecule has 1 aliphatic heterocycles. The van der Waals surface area contributed by atoms with Crippen LogP contribution in [0.25, 0.3) is 0 Å². The average Bonchev–Trinajstić information content (AvgIpc) is 3.14. The minimum absolute atomic E-state index is 0.826. The minimum atomic E-state index is 0.826. The molecule has 2 aromatic rings. The van der Waals surface area contributed by atoms with Gasteiger partial charge < -0.3 is 10.1 Å². The highest BCUT2D eigenvalue weighted by Crippen LogP contribution is 2.34. The number of thiophene rings is 1. The van der Waals surface area contributed by atoms with Crippen LogP contribution < -0.4 is 15.0 Å². The maximum Gasteiger partial charge on any atom is 0.204 e. The molecular formula is C15H17N3OS. The van der Waals surface area contributed by atoms with Crippen LogP contribution in [0.15, 0.2) is 40.7 Å². The van der Waals surface area contributed by atoms with Crippen LogP contribution in [0.5, 0.6) is 5.75 Å². The number of hydrogen-bond acceptors (Lipinski definition) is 5. The molecule has 5 heteroatoms. The maximum absolute atomic E-state index is 5.28. The van der Waals surface area contributed by atoms with Crippen LogP contribution in [-0.4, -0.2) is 26.2 Å². The summed E-state index contributed by atoms with van der Waals surface area (Å²) in [6, 6.07) is 10.3. The van der Waals surface area contributed by atoms with Crippen molar-refractivity contribution in [3.05, 3.63) is 41.3 Å². The molecule has 3 rings (SSSR count). The van der Waals surface area contributed by atoms with Crippen LogP contribution in [0.2, 0.25) is 0 Å². The Bertz CT molecular complexity index is 622. The highest BCUT2D eigenvalue weighted by atomic mass is 32.1. The number of hydrogen-bond donors (Lipinski definition) is 1. The van der Waals surface area contributed by atoms with Gasteiger partial charge in [-0.1, -0.05) is 0 Å². The van der Waals surface area contributed by atoms with Crippen LogP contribution in [0.4, 0.5) is 10.7 Å². The van der Waals surface area contributed by atoms with Crippen molar-refractivity contribution in [1.29, 1.82) is 0 Å². The molecule has 0 spiro atoms. The number of guanidine groups is 1. The Hall–Kier alpha value is -2.01. The number of rotatable bonds is 3. The number of methoxy groups -OCH3 is 1. The fraction of sp³-hybridized carbons (Fsp3) is 0.267. The van der Waals surface area contributed by atoms with Crippen molar-refractivity contribution in [2.45, 2.75) is 6.92 Å². The lowest BCUT2D eigenvalue weighted by Gasteiger charge is -2.25. The molecule has 0 saturated carbocycles. The molecular weight excluding hydrogens is 270 g/mol. The van der Waals surface area contributed by atoms with E-state index < -0.39 is 0 Å². The summed E-state index contributed by atoms with van der Waals surface area (Å²) < 4.78 is 5.28. The van der Waals surface area contributed by atoms with Gasteiger partial charge in [0.2, 0.25) is 5.96 Å². The molecule has 1 aliphatic rings. The van der Waals surface area contributed by atoms with Crippen molar-refractivity contribution in [3.63, 3.8) is 0 Å². The predicted molar refractivity (Wildman–Crippen MR) is 84.5 cm³/mol. The van der Waals surface area contributed by atoms with E-state index in [0.29, 0.717) is 0 Å². The van der Waals surface area contributed by atoms with E-state index in [9.17, 15) is 0 Å². The zero-order valence-electron chi connectivity index (χ0n) is 11.6. The van der Waals surface area contributed by atoms with Crippen molar-refractivity contribution in [2.24, 2.45) is 4.99 Å². The Balaban J connectivity index is 2.05. The highest BCUT2D eigenvalue weighted by Gasteiger charge is 2.21. The first-order valence-corrected chi connectivity index (χ1v) is 7.44. The normalized spacial score (nSPS) is 13.8. The first-order valence-electron chi connectivity index (χ1n) is 6.56. The van der Waals surface area contributed by atoms with Gasteiger partial charge in [-0.15, -0.1) is 11.3 Å². The first kappa shape index (κ1) is 13.0. The number of aliphatic imine (C=N–C) groups is 1. The van der Waals surface area contributed by atoms with Crippen molar-refractivity contribution in [2.75, 3.05) is 25.1 Å². The lowest BCUT2D eigenvalue weighted by atomic mass is 10.1.